The van der Waals surface area contributed by atoms with Gasteiger partial charge < -0.3 is 15.2 Å². The van der Waals surface area contributed by atoms with E-state index in [1.165, 1.54) is 6.92 Å². The molecule has 0 radical (unpaired) electrons. The van der Waals surface area contributed by atoms with Crippen molar-refractivity contribution in [1.29, 1.82) is 0 Å². The lowest BCUT2D eigenvalue weighted by molar-refractivity contribution is -0.119. The Morgan fingerprint density at radius 1 is 1.50 bits per heavy atom. The molecule has 0 unspecified atom stereocenters. The summed E-state index contributed by atoms with van der Waals surface area (Å²) in [5, 5.41) is 11.8. The van der Waals surface area contributed by atoms with E-state index in [9.17, 15) is 4.79 Å². The first kappa shape index (κ1) is 12.5. The van der Waals surface area contributed by atoms with E-state index >= 15 is 0 Å². The van der Waals surface area contributed by atoms with Gasteiger partial charge >= 0.3 is 0 Å². The van der Waals surface area contributed by atoms with Gasteiger partial charge in [0.05, 0.1) is 19.8 Å². The average molecular weight is 223 g/mol. The Hall–Kier alpha value is -1.55. The summed E-state index contributed by atoms with van der Waals surface area (Å²) in [4.78, 5) is 10.9. The molecule has 1 amide bonds. The molecule has 0 aliphatic carbocycles. The summed E-state index contributed by atoms with van der Waals surface area (Å²) in [5.74, 6) is 0.625. The first-order valence-electron chi connectivity index (χ1n) is 5.17. The van der Waals surface area contributed by atoms with Crippen LogP contribution in [-0.4, -0.2) is 30.8 Å². The molecular weight excluding hydrogens is 206 g/mol. The molecule has 2 N–H and O–H groups in total. The van der Waals surface area contributed by atoms with Crippen LogP contribution in [0.3, 0.4) is 0 Å². The highest BCUT2D eigenvalue weighted by atomic mass is 16.5. The van der Waals surface area contributed by atoms with Crippen LogP contribution in [0.1, 0.15) is 12.5 Å². The Morgan fingerprint density at radius 2 is 2.19 bits per heavy atom. The summed E-state index contributed by atoms with van der Waals surface area (Å²) >= 11 is 0. The van der Waals surface area contributed by atoms with Crippen molar-refractivity contribution in [2.75, 3.05) is 13.7 Å². The highest BCUT2D eigenvalue weighted by Crippen LogP contribution is 2.18. The van der Waals surface area contributed by atoms with E-state index in [1.54, 1.807) is 7.11 Å². The third-order valence-corrected chi connectivity index (χ3v) is 2.29. The molecule has 16 heavy (non-hydrogen) atoms. The minimum atomic E-state index is -0.270. The SMILES string of the molecule is COc1ccccc1C[C@@H](CO)NC(C)=O. The number of amides is 1. The Morgan fingerprint density at radius 3 is 2.75 bits per heavy atom. The summed E-state index contributed by atoms with van der Waals surface area (Å²) in [5.41, 5.74) is 0.970. The molecule has 1 rings (SSSR count). The molecule has 0 heterocycles. The van der Waals surface area contributed by atoms with Crippen molar-refractivity contribution in [3.63, 3.8) is 0 Å². The van der Waals surface area contributed by atoms with Crippen LogP contribution in [0.25, 0.3) is 0 Å². The van der Waals surface area contributed by atoms with Gasteiger partial charge in [0, 0.05) is 6.92 Å². The van der Waals surface area contributed by atoms with Crippen LogP contribution < -0.4 is 10.1 Å². The zero-order valence-corrected chi connectivity index (χ0v) is 9.56. The summed E-state index contributed by atoms with van der Waals surface area (Å²) < 4.78 is 5.20. The zero-order valence-electron chi connectivity index (χ0n) is 9.56. The minimum absolute atomic E-state index is 0.0857. The maximum atomic E-state index is 10.9. The van der Waals surface area contributed by atoms with Crippen LogP contribution in [0, 0.1) is 0 Å². The van der Waals surface area contributed by atoms with Gasteiger partial charge in [-0.05, 0) is 18.1 Å². The molecule has 0 saturated carbocycles. The van der Waals surface area contributed by atoms with Crippen molar-refractivity contribution in [3.05, 3.63) is 29.8 Å². The van der Waals surface area contributed by atoms with E-state index in [4.69, 9.17) is 9.84 Å². The third kappa shape index (κ3) is 3.55. The van der Waals surface area contributed by atoms with E-state index in [-0.39, 0.29) is 18.6 Å². The number of nitrogens with one attached hydrogen (secondary N) is 1. The van der Waals surface area contributed by atoms with Crippen LogP contribution in [0.4, 0.5) is 0 Å². The van der Waals surface area contributed by atoms with E-state index in [1.807, 2.05) is 24.3 Å². The number of methoxy groups -OCH3 is 1. The predicted octanol–water partition coefficient (Wildman–Crippen LogP) is 0.735. The number of carbonyl (C=O) groups excluding carboxylic acids is 1. The van der Waals surface area contributed by atoms with Gasteiger partial charge in [-0.15, -0.1) is 0 Å². The van der Waals surface area contributed by atoms with Crippen molar-refractivity contribution in [2.45, 2.75) is 19.4 Å². The molecule has 0 saturated heterocycles. The second-order valence-corrected chi connectivity index (χ2v) is 3.60. The fraction of sp³-hybridized carbons (Fsp3) is 0.417. The molecule has 0 fully saturated rings. The number of rotatable bonds is 5. The molecule has 0 aromatic heterocycles. The molecule has 0 aliphatic heterocycles. The molecule has 0 aliphatic rings. The molecule has 4 nitrogen and oxygen atoms in total. The third-order valence-electron chi connectivity index (χ3n) is 2.29. The Balaban J connectivity index is 2.73. The van der Waals surface area contributed by atoms with Gasteiger partial charge in [-0.3, -0.25) is 4.79 Å². The Labute approximate surface area is 95.2 Å². The van der Waals surface area contributed by atoms with E-state index in [0.29, 0.717) is 6.42 Å². The number of ether oxygens (including phenoxy) is 1. The molecule has 1 atom stereocenters. The van der Waals surface area contributed by atoms with Gasteiger partial charge in [-0.2, -0.15) is 0 Å². The zero-order chi connectivity index (χ0) is 12.0. The monoisotopic (exact) mass is 223 g/mol. The molecular formula is C12H17NO3. The number of aliphatic hydroxyl groups excluding tert-OH is 1. The van der Waals surface area contributed by atoms with Gasteiger partial charge in [-0.25, -0.2) is 0 Å². The maximum Gasteiger partial charge on any atom is 0.217 e. The second-order valence-electron chi connectivity index (χ2n) is 3.60. The van der Waals surface area contributed by atoms with Gasteiger partial charge in [0.15, 0.2) is 0 Å². The summed E-state index contributed by atoms with van der Waals surface area (Å²) in [6, 6.07) is 7.30. The normalized spacial score (nSPS) is 11.9. The molecule has 1 aromatic rings. The quantitative estimate of drug-likeness (QED) is 0.774. The molecule has 1 aromatic carbocycles. The number of hydrogen-bond acceptors (Lipinski definition) is 3. The first-order valence-corrected chi connectivity index (χ1v) is 5.17. The highest BCUT2D eigenvalue weighted by Gasteiger charge is 2.12. The minimum Gasteiger partial charge on any atom is -0.496 e. The molecule has 4 heteroatoms. The van der Waals surface area contributed by atoms with E-state index in [0.717, 1.165) is 11.3 Å². The number of carbonyl (C=O) groups is 1. The Kier molecular flexibility index (Phi) is 4.79. The number of para-hydroxylation sites is 1. The van der Waals surface area contributed by atoms with Crippen LogP contribution >= 0.6 is 0 Å². The largest absolute Gasteiger partial charge is 0.496 e. The average Bonchev–Trinajstić information content (AvgIpc) is 2.28. The van der Waals surface area contributed by atoms with E-state index in [2.05, 4.69) is 5.32 Å². The number of aliphatic hydroxyl groups is 1. The van der Waals surface area contributed by atoms with Crippen molar-refractivity contribution >= 4 is 5.91 Å². The first-order chi connectivity index (χ1) is 7.67. The molecule has 0 bridgehead atoms. The topological polar surface area (TPSA) is 58.6 Å². The lowest BCUT2D eigenvalue weighted by atomic mass is 10.1. The molecule has 88 valence electrons. The lowest BCUT2D eigenvalue weighted by Gasteiger charge is -2.16. The number of hydrogen-bond donors (Lipinski definition) is 2. The van der Waals surface area contributed by atoms with Crippen molar-refractivity contribution in [2.24, 2.45) is 0 Å². The van der Waals surface area contributed by atoms with Crippen LogP contribution in [0.15, 0.2) is 24.3 Å². The lowest BCUT2D eigenvalue weighted by Crippen LogP contribution is -2.37. The molecule has 0 spiro atoms. The summed E-state index contributed by atoms with van der Waals surface area (Å²) in [7, 11) is 1.60. The van der Waals surface area contributed by atoms with Gasteiger partial charge in [-0.1, -0.05) is 18.2 Å². The van der Waals surface area contributed by atoms with Crippen molar-refractivity contribution < 1.29 is 14.6 Å². The summed E-state index contributed by atoms with van der Waals surface area (Å²) in [6.45, 7) is 1.35. The number of benzene rings is 1. The fourth-order valence-corrected chi connectivity index (χ4v) is 1.59. The van der Waals surface area contributed by atoms with Crippen LogP contribution in [0.2, 0.25) is 0 Å². The van der Waals surface area contributed by atoms with Gasteiger partial charge in [0.25, 0.3) is 0 Å². The van der Waals surface area contributed by atoms with Crippen LogP contribution in [-0.2, 0) is 11.2 Å². The highest BCUT2D eigenvalue weighted by molar-refractivity contribution is 5.73. The standard InChI is InChI=1S/C12H17NO3/c1-9(15)13-11(8-14)7-10-5-3-4-6-12(10)16-2/h3-6,11,14H,7-8H2,1-2H3,(H,13,15)/t11-/m0/s1. The summed E-state index contributed by atoms with van der Waals surface area (Å²) in [6.07, 6.45) is 0.556. The van der Waals surface area contributed by atoms with Gasteiger partial charge in [0.2, 0.25) is 5.91 Å². The fourth-order valence-electron chi connectivity index (χ4n) is 1.59. The van der Waals surface area contributed by atoms with Crippen LogP contribution in [0.5, 0.6) is 5.75 Å². The predicted molar refractivity (Wildman–Crippen MR) is 61.4 cm³/mol. The van der Waals surface area contributed by atoms with E-state index < -0.39 is 0 Å². The maximum absolute atomic E-state index is 10.9. The van der Waals surface area contributed by atoms with Crippen molar-refractivity contribution in [3.8, 4) is 5.75 Å². The second kappa shape index (κ2) is 6.12. The smallest absolute Gasteiger partial charge is 0.217 e. The van der Waals surface area contributed by atoms with Crippen molar-refractivity contribution in [1.82, 2.24) is 5.32 Å². The van der Waals surface area contributed by atoms with Gasteiger partial charge in [0.1, 0.15) is 5.75 Å². The Bertz CT molecular complexity index is 352.